The first-order valence-corrected chi connectivity index (χ1v) is 7.08. The average Bonchev–Trinajstić information content (AvgIpc) is 2.39. The quantitative estimate of drug-likeness (QED) is 0.887. The van der Waals surface area contributed by atoms with Crippen molar-refractivity contribution in [3.8, 4) is 5.75 Å². The average molecular weight is 263 g/mol. The number of nitrogens with two attached hydrogens (primary N) is 1. The van der Waals surface area contributed by atoms with Gasteiger partial charge in [0.1, 0.15) is 5.75 Å². The number of ether oxygens (including phenoxy) is 2. The van der Waals surface area contributed by atoms with Gasteiger partial charge in [-0.05, 0) is 56.4 Å². The number of methoxy groups -OCH3 is 1. The van der Waals surface area contributed by atoms with E-state index in [0.29, 0.717) is 6.61 Å². The summed E-state index contributed by atoms with van der Waals surface area (Å²) in [5, 5.41) is 0. The van der Waals surface area contributed by atoms with Crippen LogP contribution in [0.25, 0.3) is 0 Å². The zero-order chi connectivity index (χ0) is 13.9. The number of hydrogen-bond donors (Lipinski definition) is 1. The summed E-state index contributed by atoms with van der Waals surface area (Å²) < 4.78 is 11.2. The number of benzene rings is 1. The van der Waals surface area contributed by atoms with Crippen LogP contribution in [0.15, 0.2) is 18.2 Å². The van der Waals surface area contributed by atoms with Gasteiger partial charge in [0.25, 0.3) is 0 Å². The summed E-state index contributed by atoms with van der Waals surface area (Å²) >= 11 is 0. The highest BCUT2D eigenvalue weighted by Crippen LogP contribution is 2.31. The van der Waals surface area contributed by atoms with E-state index >= 15 is 0 Å². The maximum Gasteiger partial charge on any atom is 0.119 e. The highest BCUT2D eigenvalue weighted by Gasteiger charge is 2.18. The molecule has 0 amide bonds. The lowest BCUT2D eigenvalue weighted by molar-refractivity contribution is 0.00544. The van der Waals surface area contributed by atoms with Crippen molar-refractivity contribution in [1.29, 1.82) is 0 Å². The van der Waals surface area contributed by atoms with Crippen LogP contribution >= 0.6 is 0 Å². The third-order valence-electron chi connectivity index (χ3n) is 4.00. The van der Waals surface area contributed by atoms with E-state index in [0.717, 1.165) is 25.0 Å². The van der Waals surface area contributed by atoms with Crippen molar-refractivity contribution in [2.75, 3.05) is 13.7 Å². The van der Waals surface area contributed by atoms with Crippen molar-refractivity contribution in [2.45, 2.75) is 51.2 Å². The molecule has 0 radical (unpaired) electrons. The van der Waals surface area contributed by atoms with Gasteiger partial charge in [-0.1, -0.05) is 6.07 Å². The molecule has 0 heterocycles. The van der Waals surface area contributed by atoms with E-state index in [1.165, 1.54) is 17.5 Å². The van der Waals surface area contributed by atoms with Gasteiger partial charge in [0.15, 0.2) is 0 Å². The highest BCUT2D eigenvalue weighted by molar-refractivity contribution is 5.39. The van der Waals surface area contributed by atoms with Crippen LogP contribution in [-0.4, -0.2) is 19.3 Å². The largest absolute Gasteiger partial charge is 0.493 e. The Morgan fingerprint density at radius 2 is 2.16 bits per heavy atom. The van der Waals surface area contributed by atoms with Gasteiger partial charge in [0.2, 0.25) is 0 Å². The van der Waals surface area contributed by atoms with Crippen LogP contribution in [0.3, 0.4) is 0 Å². The predicted octanol–water partition coefficient (Wildman–Crippen LogP) is 3.22. The third kappa shape index (κ3) is 3.71. The molecule has 0 aliphatic heterocycles. The Kier molecular flexibility index (Phi) is 4.48. The van der Waals surface area contributed by atoms with Crippen molar-refractivity contribution >= 4 is 0 Å². The van der Waals surface area contributed by atoms with Crippen LogP contribution in [0, 0.1) is 0 Å². The molecule has 0 spiro atoms. The zero-order valence-corrected chi connectivity index (χ0v) is 12.2. The van der Waals surface area contributed by atoms with E-state index in [1.54, 1.807) is 7.11 Å². The molecule has 0 unspecified atom stereocenters. The molecule has 1 aromatic carbocycles. The van der Waals surface area contributed by atoms with Crippen molar-refractivity contribution < 1.29 is 9.47 Å². The van der Waals surface area contributed by atoms with E-state index in [9.17, 15) is 0 Å². The van der Waals surface area contributed by atoms with Crippen LogP contribution in [0.5, 0.6) is 5.75 Å². The lowest BCUT2D eigenvalue weighted by Crippen LogP contribution is -2.25. The third-order valence-corrected chi connectivity index (χ3v) is 4.00. The molecule has 0 saturated heterocycles. The van der Waals surface area contributed by atoms with Gasteiger partial charge in [0.05, 0.1) is 12.2 Å². The first-order chi connectivity index (χ1) is 9.02. The van der Waals surface area contributed by atoms with E-state index in [1.807, 2.05) is 0 Å². The summed E-state index contributed by atoms with van der Waals surface area (Å²) in [4.78, 5) is 0. The van der Waals surface area contributed by atoms with E-state index in [2.05, 4.69) is 32.0 Å². The van der Waals surface area contributed by atoms with Gasteiger partial charge in [-0.3, -0.25) is 0 Å². The molecule has 19 heavy (non-hydrogen) atoms. The molecule has 1 aliphatic carbocycles. The van der Waals surface area contributed by atoms with Gasteiger partial charge in [-0.2, -0.15) is 0 Å². The van der Waals surface area contributed by atoms with Gasteiger partial charge in [-0.25, -0.2) is 0 Å². The maximum absolute atomic E-state index is 6.16. The molecule has 106 valence electrons. The molecule has 2 rings (SSSR count). The normalized spacial score (nSPS) is 19.1. The fraction of sp³-hybridized carbons (Fsp3) is 0.625. The smallest absolute Gasteiger partial charge is 0.119 e. The number of hydrogen-bond acceptors (Lipinski definition) is 3. The van der Waals surface area contributed by atoms with Crippen LogP contribution < -0.4 is 10.5 Å². The molecule has 0 fully saturated rings. The van der Waals surface area contributed by atoms with Crippen LogP contribution in [0.4, 0.5) is 0 Å². The van der Waals surface area contributed by atoms with Gasteiger partial charge < -0.3 is 15.2 Å². The molecule has 3 nitrogen and oxygen atoms in total. The number of fused-ring (bicyclic) bond motifs is 1. The Morgan fingerprint density at radius 1 is 1.37 bits per heavy atom. The van der Waals surface area contributed by atoms with Crippen molar-refractivity contribution in [3.63, 3.8) is 0 Å². The fourth-order valence-electron chi connectivity index (χ4n) is 2.42. The second-order valence-electron chi connectivity index (χ2n) is 5.92. The van der Waals surface area contributed by atoms with Crippen LogP contribution in [0.1, 0.15) is 50.3 Å². The predicted molar refractivity (Wildman–Crippen MR) is 77.5 cm³/mol. The Labute approximate surface area is 116 Å². The number of aryl methyl sites for hydroxylation is 1. The van der Waals surface area contributed by atoms with Crippen LogP contribution in [-0.2, 0) is 11.2 Å². The Hall–Kier alpha value is -1.06. The second-order valence-corrected chi connectivity index (χ2v) is 5.92. The summed E-state index contributed by atoms with van der Waals surface area (Å²) in [5.41, 5.74) is 8.66. The minimum atomic E-state index is -0.134. The van der Waals surface area contributed by atoms with Crippen molar-refractivity contribution in [1.82, 2.24) is 0 Å². The molecular formula is C16H25NO2. The first-order valence-electron chi connectivity index (χ1n) is 7.08. The van der Waals surface area contributed by atoms with E-state index in [4.69, 9.17) is 15.2 Å². The molecule has 1 aromatic rings. The summed E-state index contributed by atoms with van der Waals surface area (Å²) in [6.45, 7) is 4.80. The lowest BCUT2D eigenvalue weighted by atomic mass is 9.88. The summed E-state index contributed by atoms with van der Waals surface area (Å²) in [7, 11) is 1.73. The van der Waals surface area contributed by atoms with Gasteiger partial charge in [-0.15, -0.1) is 0 Å². The molecule has 0 bridgehead atoms. The Bertz CT molecular complexity index is 429. The zero-order valence-electron chi connectivity index (χ0n) is 12.2. The lowest BCUT2D eigenvalue weighted by Gasteiger charge is -2.24. The van der Waals surface area contributed by atoms with Crippen LogP contribution in [0.2, 0.25) is 0 Å². The first kappa shape index (κ1) is 14.4. The fourth-order valence-corrected chi connectivity index (χ4v) is 2.42. The molecule has 0 saturated carbocycles. The minimum absolute atomic E-state index is 0.134. The minimum Gasteiger partial charge on any atom is -0.493 e. The van der Waals surface area contributed by atoms with Crippen molar-refractivity contribution in [2.24, 2.45) is 5.73 Å². The van der Waals surface area contributed by atoms with Gasteiger partial charge in [0, 0.05) is 19.6 Å². The SMILES string of the molecule is COC(C)(C)CCOc1ccc2c(c1)[C@@H](N)CCC2. The summed E-state index contributed by atoms with van der Waals surface area (Å²) in [6, 6.07) is 6.49. The molecule has 0 aromatic heterocycles. The van der Waals surface area contributed by atoms with Gasteiger partial charge >= 0.3 is 0 Å². The maximum atomic E-state index is 6.16. The monoisotopic (exact) mass is 263 g/mol. The summed E-state index contributed by atoms with van der Waals surface area (Å²) in [6.07, 6.45) is 4.27. The molecule has 3 heteroatoms. The molecular weight excluding hydrogens is 238 g/mol. The van der Waals surface area contributed by atoms with E-state index in [-0.39, 0.29) is 11.6 Å². The summed E-state index contributed by atoms with van der Waals surface area (Å²) in [5.74, 6) is 0.919. The standard InChI is InChI=1S/C16H25NO2/c1-16(2,18-3)9-10-19-13-8-7-12-5-4-6-15(17)14(12)11-13/h7-8,11,15H,4-6,9-10,17H2,1-3H3/t15-/m0/s1. The van der Waals surface area contributed by atoms with Crippen molar-refractivity contribution in [3.05, 3.63) is 29.3 Å². The topological polar surface area (TPSA) is 44.5 Å². The number of rotatable bonds is 5. The Morgan fingerprint density at radius 3 is 2.89 bits per heavy atom. The van der Waals surface area contributed by atoms with E-state index < -0.39 is 0 Å². The molecule has 1 aliphatic rings. The second kappa shape index (κ2) is 5.93. The highest BCUT2D eigenvalue weighted by atomic mass is 16.5. The Balaban J connectivity index is 1.97. The molecule has 1 atom stereocenters. The molecule has 2 N–H and O–H groups in total.